The number of rotatable bonds is 2. The molecule has 0 fully saturated rings. The first-order valence-corrected chi connectivity index (χ1v) is 9.66. The molecule has 0 aliphatic carbocycles. The highest BCUT2D eigenvalue weighted by molar-refractivity contribution is 8.25. The second kappa shape index (κ2) is 5.22. The molecule has 1 unspecified atom stereocenters. The maximum Gasteiger partial charge on any atom is 0.136 e. The molecule has 0 bridgehead atoms. The Kier molecular flexibility index (Phi) is 3.00. The van der Waals surface area contributed by atoms with Gasteiger partial charge in [-0.3, -0.25) is 0 Å². The third-order valence-electron chi connectivity index (χ3n) is 4.64. The first-order valence-electron chi connectivity index (χ1n) is 8.03. The van der Waals surface area contributed by atoms with Crippen LogP contribution in [0.1, 0.15) is 11.1 Å². The molecule has 1 nitrogen and oxygen atoms in total. The van der Waals surface area contributed by atoms with Crippen molar-refractivity contribution in [3.8, 4) is 0 Å². The zero-order valence-electron chi connectivity index (χ0n) is 13.3. The van der Waals surface area contributed by atoms with Gasteiger partial charge in [-0.05, 0) is 41.7 Å². The minimum absolute atomic E-state index is 0.156. The quantitative estimate of drug-likeness (QED) is 0.408. The molecule has 2 heterocycles. The van der Waals surface area contributed by atoms with Gasteiger partial charge in [-0.25, -0.2) is 0 Å². The van der Waals surface area contributed by atoms with Crippen molar-refractivity contribution in [2.24, 2.45) is 0 Å². The number of para-hydroxylation sites is 1. The standard InChI is InChI=1S/C22H16OS/c1-24-21(15-7-3-2-4-8-15)14-22(24)16-11-12-18-17-9-5-6-10-19(17)23-20(18)13-16/h2-14H,1H3. The summed E-state index contributed by atoms with van der Waals surface area (Å²) in [7, 11) is 0.156. The molecule has 1 atom stereocenters. The number of furan rings is 1. The minimum atomic E-state index is 0.156. The molecule has 0 spiro atoms. The van der Waals surface area contributed by atoms with E-state index < -0.39 is 0 Å². The van der Waals surface area contributed by atoms with Crippen LogP contribution in [0.4, 0.5) is 0 Å². The monoisotopic (exact) mass is 328 g/mol. The largest absolute Gasteiger partial charge is 0.456 e. The number of fused-ring (bicyclic) bond motifs is 3. The van der Waals surface area contributed by atoms with Crippen LogP contribution in [0.3, 0.4) is 0 Å². The lowest BCUT2D eigenvalue weighted by atomic mass is 10.1. The van der Waals surface area contributed by atoms with Crippen LogP contribution >= 0.6 is 10.5 Å². The Labute approximate surface area is 143 Å². The molecule has 1 aliphatic rings. The van der Waals surface area contributed by atoms with Gasteiger partial charge in [0.15, 0.2) is 0 Å². The predicted molar refractivity (Wildman–Crippen MR) is 106 cm³/mol. The SMILES string of the molecule is CS1=C(c2ccccc2)C=C1c1ccc2c(c1)oc1ccccc12. The molecule has 5 rings (SSSR count). The zero-order chi connectivity index (χ0) is 16.1. The van der Waals surface area contributed by atoms with Gasteiger partial charge in [0.05, 0.1) is 0 Å². The smallest absolute Gasteiger partial charge is 0.136 e. The first kappa shape index (κ1) is 13.8. The molecule has 1 aromatic heterocycles. The van der Waals surface area contributed by atoms with E-state index in [1.807, 2.05) is 12.1 Å². The van der Waals surface area contributed by atoms with Crippen LogP contribution in [0.15, 0.2) is 83.3 Å². The van der Waals surface area contributed by atoms with Gasteiger partial charge in [0.1, 0.15) is 11.2 Å². The Morgan fingerprint density at radius 1 is 0.708 bits per heavy atom. The van der Waals surface area contributed by atoms with E-state index in [-0.39, 0.29) is 10.5 Å². The Morgan fingerprint density at radius 2 is 1.46 bits per heavy atom. The Hall–Kier alpha value is -2.58. The van der Waals surface area contributed by atoms with E-state index in [2.05, 4.69) is 73.0 Å². The molecule has 0 saturated heterocycles. The molecular formula is C22H16OS. The fraction of sp³-hybridized carbons (Fsp3) is 0.0455. The maximum atomic E-state index is 6.03. The number of allylic oxidation sites excluding steroid dienone is 1. The van der Waals surface area contributed by atoms with Gasteiger partial charge >= 0.3 is 0 Å². The predicted octanol–water partition coefficient (Wildman–Crippen LogP) is 6.06. The average molecular weight is 328 g/mol. The van der Waals surface area contributed by atoms with Gasteiger partial charge in [-0.2, -0.15) is 0 Å². The van der Waals surface area contributed by atoms with Crippen LogP contribution in [0.5, 0.6) is 0 Å². The lowest BCUT2D eigenvalue weighted by Gasteiger charge is -2.23. The van der Waals surface area contributed by atoms with Crippen molar-refractivity contribution in [2.75, 3.05) is 6.26 Å². The van der Waals surface area contributed by atoms with Crippen molar-refractivity contribution in [3.63, 3.8) is 0 Å². The van der Waals surface area contributed by atoms with Crippen molar-refractivity contribution in [2.45, 2.75) is 0 Å². The van der Waals surface area contributed by atoms with E-state index in [0.29, 0.717) is 0 Å². The molecule has 4 aromatic rings. The fourth-order valence-electron chi connectivity index (χ4n) is 3.36. The lowest BCUT2D eigenvalue weighted by Crippen LogP contribution is -2.07. The van der Waals surface area contributed by atoms with Gasteiger partial charge in [-0.15, -0.1) is 10.5 Å². The van der Waals surface area contributed by atoms with Gasteiger partial charge in [0.25, 0.3) is 0 Å². The van der Waals surface area contributed by atoms with E-state index in [4.69, 9.17) is 4.42 Å². The summed E-state index contributed by atoms with van der Waals surface area (Å²) in [5, 5.41) is 2.38. The topological polar surface area (TPSA) is 13.1 Å². The number of hydrogen-bond acceptors (Lipinski definition) is 1. The fourth-order valence-corrected chi connectivity index (χ4v) is 4.97. The van der Waals surface area contributed by atoms with Gasteiger partial charge in [0.2, 0.25) is 0 Å². The summed E-state index contributed by atoms with van der Waals surface area (Å²) >= 11 is 0. The van der Waals surface area contributed by atoms with Gasteiger partial charge < -0.3 is 4.42 Å². The molecule has 2 heteroatoms. The molecule has 0 N–H and O–H groups in total. The molecule has 24 heavy (non-hydrogen) atoms. The summed E-state index contributed by atoms with van der Waals surface area (Å²) in [4.78, 5) is 2.85. The molecule has 0 saturated carbocycles. The third kappa shape index (κ3) is 2.00. The Morgan fingerprint density at radius 3 is 2.29 bits per heavy atom. The summed E-state index contributed by atoms with van der Waals surface area (Å²) in [5.74, 6) is 0. The highest BCUT2D eigenvalue weighted by Gasteiger charge is 2.19. The van der Waals surface area contributed by atoms with Crippen LogP contribution in [0, 0.1) is 0 Å². The van der Waals surface area contributed by atoms with Crippen LogP contribution in [-0.2, 0) is 0 Å². The van der Waals surface area contributed by atoms with Gasteiger partial charge in [-0.1, -0.05) is 54.6 Å². The summed E-state index contributed by atoms with van der Waals surface area (Å²) in [6.45, 7) is 0. The van der Waals surface area contributed by atoms with E-state index >= 15 is 0 Å². The Bertz CT molecular complexity index is 1150. The van der Waals surface area contributed by atoms with Crippen molar-refractivity contribution in [3.05, 3.63) is 90.0 Å². The van der Waals surface area contributed by atoms with Crippen molar-refractivity contribution < 1.29 is 4.42 Å². The zero-order valence-corrected chi connectivity index (χ0v) is 14.1. The molecule has 0 radical (unpaired) electrons. The highest BCUT2D eigenvalue weighted by Crippen LogP contribution is 2.43. The van der Waals surface area contributed by atoms with Crippen LogP contribution < -0.4 is 0 Å². The van der Waals surface area contributed by atoms with Crippen LogP contribution in [-0.4, -0.2) is 11.1 Å². The second-order valence-electron chi connectivity index (χ2n) is 6.06. The minimum Gasteiger partial charge on any atom is -0.456 e. The van der Waals surface area contributed by atoms with E-state index in [1.54, 1.807) is 0 Å². The second-order valence-corrected chi connectivity index (χ2v) is 7.96. The van der Waals surface area contributed by atoms with Crippen molar-refractivity contribution in [1.82, 2.24) is 0 Å². The van der Waals surface area contributed by atoms with E-state index in [0.717, 1.165) is 11.2 Å². The average Bonchev–Trinajstić information content (AvgIpc) is 2.99. The molecule has 1 aliphatic heterocycles. The number of hydrogen-bond donors (Lipinski definition) is 0. The van der Waals surface area contributed by atoms with Crippen LogP contribution in [0.25, 0.3) is 26.8 Å². The van der Waals surface area contributed by atoms with Gasteiger partial charge in [0, 0.05) is 20.5 Å². The molecular weight excluding hydrogens is 312 g/mol. The lowest BCUT2D eigenvalue weighted by molar-refractivity contribution is 0.669. The van der Waals surface area contributed by atoms with Crippen LogP contribution in [0.2, 0.25) is 0 Å². The summed E-state index contributed by atoms with van der Waals surface area (Å²) in [6.07, 6.45) is 4.63. The summed E-state index contributed by atoms with van der Waals surface area (Å²) < 4.78 is 6.03. The Balaban J connectivity index is 1.58. The maximum absolute atomic E-state index is 6.03. The van der Waals surface area contributed by atoms with E-state index in [1.165, 1.54) is 31.7 Å². The normalized spacial score (nSPS) is 17.1. The third-order valence-corrected chi connectivity index (χ3v) is 6.67. The first-order chi connectivity index (χ1) is 11.8. The summed E-state index contributed by atoms with van der Waals surface area (Å²) in [6, 6.07) is 25.5. The molecule has 0 amide bonds. The molecule has 3 aromatic carbocycles. The van der Waals surface area contributed by atoms with Crippen molar-refractivity contribution >= 4 is 42.2 Å². The highest BCUT2D eigenvalue weighted by atomic mass is 32.2. The van der Waals surface area contributed by atoms with E-state index in [9.17, 15) is 0 Å². The number of benzene rings is 3. The molecule has 116 valence electrons. The van der Waals surface area contributed by atoms with Crippen molar-refractivity contribution in [1.29, 1.82) is 0 Å². The summed E-state index contributed by atoms with van der Waals surface area (Å²) in [5.41, 5.74) is 4.53.